The summed E-state index contributed by atoms with van der Waals surface area (Å²) in [6.45, 7) is 3.92. The van der Waals surface area contributed by atoms with Crippen LogP contribution in [0, 0.1) is 24.0 Å². The van der Waals surface area contributed by atoms with Gasteiger partial charge in [0.2, 0.25) is 0 Å². The number of carbonyl (C=O) groups is 2. The first-order chi connectivity index (χ1) is 15.3. The number of hydrogen-bond acceptors (Lipinski definition) is 5. The number of aryl methyl sites for hydroxylation is 2. The fourth-order valence-corrected chi connectivity index (χ4v) is 3.70. The number of carbonyl (C=O) groups excluding carboxylic acids is 2. The van der Waals surface area contributed by atoms with E-state index in [1.54, 1.807) is 24.3 Å². The summed E-state index contributed by atoms with van der Waals surface area (Å²) in [5, 5.41) is 14.4. The maximum absolute atomic E-state index is 13.4. The van der Waals surface area contributed by atoms with E-state index < -0.39 is 16.7 Å². The minimum Gasteiger partial charge on any atom is -0.350 e. The second-order valence-corrected chi connectivity index (χ2v) is 7.78. The van der Waals surface area contributed by atoms with Crippen LogP contribution in [0.3, 0.4) is 0 Å². The highest BCUT2D eigenvalue weighted by Crippen LogP contribution is 2.37. The standard InChI is InChI=1S/C24H18ClN3O4/c1-14-7-10-17(13-15(14)2)26-22-21(16-8-11-18(12-9-16)28(31)32)23(29)27(24(22)30)20-6-4-3-5-19(20)25/h3-13,26H,1-2H3. The Balaban J connectivity index is 1.84. The molecule has 0 aliphatic carbocycles. The van der Waals surface area contributed by atoms with Crippen molar-refractivity contribution >= 4 is 46.1 Å². The lowest BCUT2D eigenvalue weighted by atomic mass is 10.0. The molecule has 0 radical (unpaired) electrons. The molecule has 0 aromatic heterocycles. The van der Waals surface area contributed by atoms with Gasteiger partial charge >= 0.3 is 0 Å². The van der Waals surface area contributed by atoms with Crippen molar-refractivity contribution in [3.63, 3.8) is 0 Å². The molecule has 1 aliphatic rings. The number of imide groups is 1. The minimum absolute atomic E-state index is 0.0759. The van der Waals surface area contributed by atoms with Crippen molar-refractivity contribution in [2.45, 2.75) is 13.8 Å². The van der Waals surface area contributed by atoms with E-state index in [9.17, 15) is 19.7 Å². The fourth-order valence-electron chi connectivity index (χ4n) is 3.48. The first-order valence-corrected chi connectivity index (χ1v) is 10.1. The van der Waals surface area contributed by atoms with E-state index >= 15 is 0 Å². The lowest BCUT2D eigenvalue weighted by Gasteiger charge is -2.16. The molecule has 2 amide bonds. The number of amides is 2. The summed E-state index contributed by atoms with van der Waals surface area (Å²) < 4.78 is 0. The van der Waals surface area contributed by atoms with E-state index in [0.717, 1.165) is 16.0 Å². The van der Waals surface area contributed by atoms with Crippen molar-refractivity contribution in [1.29, 1.82) is 0 Å². The van der Waals surface area contributed by atoms with Crippen LogP contribution in [-0.4, -0.2) is 16.7 Å². The van der Waals surface area contributed by atoms with Crippen molar-refractivity contribution < 1.29 is 14.5 Å². The number of nitro groups is 1. The normalized spacial score (nSPS) is 13.7. The van der Waals surface area contributed by atoms with Gasteiger partial charge in [-0.25, -0.2) is 4.90 Å². The maximum atomic E-state index is 13.4. The van der Waals surface area contributed by atoms with E-state index in [1.165, 1.54) is 24.3 Å². The van der Waals surface area contributed by atoms with Crippen molar-refractivity contribution in [3.8, 4) is 0 Å². The molecule has 0 atom stereocenters. The Labute approximate surface area is 189 Å². The van der Waals surface area contributed by atoms with E-state index in [0.29, 0.717) is 11.3 Å². The fraction of sp³-hybridized carbons (Fsp3) is 0.0833. The molecule has 0 fully saturated rings. The van der Waals surface area contributed by atoms with Gasteiger partial charge in [0.05, 0.1) is 21.2 Å². The molecule has 1 heterocycles. The third-order valence-corrected chi connectivity index (χ3v) is 5.64. The number of halogens is 1. The van der Waals surface area contributed by atoms with Crippen molar-refractivity contribution in [2.75, 3.05) is 10.2 Å². The monoisotopic (exact) mass is 447 g/mol. The Morgan fingerprint density at radius 2 is 1.59 bits per heavy atom. The highest BCUT2D eigenvalue weighted by molar-refractivity contribution is 6.48. The molecule has 3 aromatic rings. The van der Waals surface area contributed by atoms with Crippen molar-refractivity contribution in [3.05, 3.63) is 104 Å². The largest absolute Gasteiger partial charge is 0.350 e. The van der Waals surface area contributed by atoms with Crippen LogP contribution in [0.2, 0.25) is 5.02 Å². The molecular weight excluding hydrogens is 430 g/mol. The van der Waals surface area contributed by atoms with E-state index in [4.69, 9.17) is 11.6 Å². The van der Waals surface area contributed by atoms with Gasteiger partial charge in [-0.1, -0.05) is 29.8 Å². The molecule has 7 nitrogen and oxygen atoms in total. The number of rotatable bonds is 5. The number of benzene rings is 3. The molecule has 0 unspecified atom stereocenters. The number of para-hydroxylation sites is 1. The average molecular weight is 448 g/mol. The van der Waals surface area contributed by atoms with Crippen LogP contribution in [0.5, 0.6) is 0 Å². The van der Waals surface area contributed by atoms with Crippen molar-refractivity contribution in [2.24, 2.45) is 0 Å². The minimum atomic E-state index is -0.566. The summed E-state index contributed by atoms with van der Waals surface area (Å²) in [5.74, 6) is -1.13. The second-order valence-electron chi connectivity index (χ2n) is 7.38. The van der Waals surface area contributed by atoms with Crippen LogP contribution in [0.25, 0.3) is 5.57 Å². The van der Waals surface area contributed by atoms with Gasteiger partial charge in [-0.2, -0.15) is 0 Å². The second kappa shape index (κ2) is 8.28. The summed E-state index contributed by atoms with van der Waals surface area (Å²) in [4.78, 5) is 38.3. The zero-order valence-electron chi connectivity index (χ0n) is 17.3. The van der Waals surface area contributed by atoms with Crippen LogP contribution < -0.4 is 10.2 Å². The third kappa shape index (κ3) is 3.74. The summed E-state index contributed by atoms with van der Waals surface area (Å²) >= 11 is 6.27. The number of hydrogen-bond donors (Lipinski definition) is 1. The average Bonchev–Trinajstić information content (AvgIpc) is 3.01. The van der Waals surface area contributed by atoms with Crippen LogP contribution in [-0.2, 0) is 9.59 Å². The van der Waals surface area contributed by atoms with Gasteiger partial charge in [-0.3, -0.25) is 19.7 Å². The smallest absolute Gasteiger partial charge is 0.282 e. The van der Waals surface area contributed by atoms with Gasteiger partial charge in [-0.05, 0) is 66.9 Å². The molecule has 1 aliphatic heterocycles. The first kappa shape index (κ1) is 21.3. The van der Waals surface area contributed by atoms with Crippen LogP contribution >= 0.6 is 11.6 Å². The molecule has 160 valence electrons. The number of anilines is 2. The summed E-state index contributed by atoms with van der Waals surface area (Å²) in [6.07, 6.45) is 0. The van der Waals surface area contributed by atoms with Gasteiger partial charge in [0, 0.05) is 17.8 Å². The van der Waals surface area contributed by atoms with Gasteiger partial charge in [-0.15, -0.1) is 0 Å². The lowest BCUT2D eigenvalue weighted by Crippen LogP contribution is -2.32. The molecule has 4 rings (SSSR count). The van der Waals surface area contributed by atoms with Crippen LogP contribution in [0.4, 0.5) is 17.1 Å². The van der Waals surface area contributed by atoms with Crippen molar-refractivity contribution in [1.82, 2.24) is 0 Å². The van der Waals surface area contributed by atoms with E-state index in [2.05, 4.69) is 5.32 Å². The number of nitrogens with one attached hydrogen (secondary N) is 1. The third-order valence-electron chi connectivity index (χ3n) is 5.32. The van der Waals surface area contributed by atoms with Crippen LogP contribution in [0.1, 0.15) is 16.7 Å². The van der Waals surface area contributed by atoms with Crippen LogP contribution in [0.15, 0.2) is 72.4 Å². The molecule has 32 heavy (non-hydrogen) atoms. The molecule has 8 heteroatoms. The highest BCUT2D eigenvalue weighted by atomic mass is 35.5. The van der Waals surface area contributed by atoms with Gasteiger partial charge in [0.15, 0.2) is 0 Å². The number of nitrogens with zero attached hydrogens (tertiary/aromatic N) is 2. The Hall–Kier alpha value is -3.97. The summed E-state index contributed by atoms with van der Waals surface area (Å²) in [7, 11) is 0. The van der Waals surface area contributed by atoms with E-state index in [1.807, 2.05) is 32.0 Å². The highest BCUT2D eigenvalue weighted by Gasteiger charge is 2.41. The Kier molecular flexibility index (Phi) is 5.50. The van der Waals surface area contributed by atoms with Gasteiger partial charge < -0.3 is 5.32 Å². The zero-order chi connectivity index (χ0) is 23.0. The SMILES string of the molecule is Cc1ccc(NC2=C(c3ccc([N+](=O)[O-])cc3)C(=O)N(c3ccccc3Cl)C2=O)cc1C. The number of non-ortho nitro benzene ring substituents is 1. The molecule has 0 spiro atoms. The Morgan fingerprint density at radius 1 is 0.906 bits per heavy atom. The van der Waals surface area contributed by atoms with Gasteiger partial charge in [0.25, 0.3) is 17.5 Å². The Bertz CT molecular complexity index is 1300. The Morgan fingerprint density at radius 3 is 2.22 bits per heavy atom. The van der Waals surface area contributed by atoms with Gasteiger partial charge in [0.1, 0.15) is 5.70 Å². The quantitative estimate of drug-likeness (QED) is 0.327. The zero-order valence-corrected chi connectivity index (χ0v) is 18.0. The first-order valence-electron chi connectivity index (χ1n) is 9.74. The molecule has 0 saturated heterocycles. The molecule has 0 bridgehead atoms. The maximum Gasteiger partial charge on any atom is 0.282 e. The topological polar surface area (TPSA) is 92.6 Å². The summed E-state index contributed by atoms with van der Waals surface area (Å²) in [5.41, 5.74) is 3.48. The molecule has 1 N–H and O–H groups in total. The predicted molar refractivity (Wildman–Crippen MR) is 124 cm³/mol. The molecule has 3 aromatic carbocycles. The predicted octanol–water partition coefficient (Wildman–Crippen LogP) is 5.26. The lowest BCUT2D eigenvalue weighted by molar-refractivity contribution is -0.384. The molecular formula is C24H18ClN3O4. The molecule has 0 saturated carbocycles. The number of nitro benzene ring substituents is 1. The van der Waals surface area contributed by atoms with E-state index in [-0.39, 0.29) is 27.7 Å². The summed E-state index contributed by atoms with van der Waals surface area (Å²) in [6, 6.07) is 17.7.